The van der Waals surface area contributed by atoms with Gasteiger partial charge < -0.3 is 23.7 Å². The van der Waals surface area contributed by atoms with Gasteiger partial charge in [0.1, 0.15) is 35.9 Å². The molecule has 0 aliphatic carbocycles. The van der Waals surface area contributed by atoms with Crippen LogP contribution in [0.5, 0.6) is 0 Å². The zero-order valence-corrected chi connectivity index (χ0v) is 29.1. The third kappa shape index (κ3) is 7.22. The van der Waals surface area contributed by atoms with Gasteiger partial charge in [0.25, 0.3) is 5.79 Å². The maximum Gasteiger partial charge on any atom is 0.264 e. The van der Waals surface area contributed by atoms with Gasteiger partial charge in [-0.05, 0) is 84.8 Å². The molecule has 240 valence electrons. The quantitative estimate of drug-likeness (QED) is 0.133. The van der Waals surface area contributed by atoms with E-state index in [-0.39, 0.29) is 12.0 Å². The molecule has 2 aliphatic heterocycles. The van der Waals surface area contributed by atoms with Gasteiger partial charge in [-0.1, -0.05) is 97.9 Å². The highest BCUT2D eigenvalue weighted by Gasteiger charge is 2.55. The molecule has 2 saturated heterocycles. The summed E-state index contributed by atoms with van der Waals surface area (Å²) in [6, 6.07) is 39.8. The summed E-state index contributed by atoms with van der Waals surface area (Å²) in [4.78, 5) is 0. The molecule has 6 nitrogen and oxygen atoms in total. The Balaban J connectivity index is 1.20. The van der Waals surface area contributed by atoms with Crippen LogP contribution in [0, 0.1) is 14.9 Å². The Morgan fingerprint density at radius 3 is 2.02 bits per heavy atom. The minimum absolute atomic E-state index is 0.218. The van der Waals surface area contributed by atoms with E-state index in [0.717, 1.165) is 31.4 Å². The number of nitrogens with zero attached hydrogens (tertiary/aromatic N) is 1. The lowest BCUT2D eigenvalue weighted by atomic mass is 9.96. The van der Waals surface area contributed by atoms with Crippen molar-refractivity contribution >= 4 is 55.9 Å². The molecule has 2 fully saturated rings. The lowest BCUT2D eigenvalue weighted by molar-refractivity contribution is -0.350. The zero-order chi connectivity index (χ0) is 32.2. The average Bonchev–Trinajstić information content (AvgIpc) is 3.11. The predicted octanol–water partition coefficient (Wildman–Crippen LogP) is 8.42. The highest BCUT2D eigenvalue weighted by atomic mass is 127. The molecule has 5 aromatic carbocycles. The molecular weight excluding hydrogens is 721 g/mol. The Morgan fingerprint density at radius 1 is 0.809 bits per heavy atom. The van der Waals surface area contributed by atoms with Crippen LogP contribution < -0.4 is 0 Å². The van der Waals surface area contributed by atoms with Crippen LogP contribution in [0.15, 0.2) is 109 Å². The Bertz CT molecular complexity index is 1900. The number of hydrogen-bond acceptors (Lipinski definition) is 7. The van der Waals surface area contributed by atoms with Crippen molar-refractivity contribution in [1.82, 2.24) is 0 Å². The van der Waals surface area contributed by atoms with Gasteiger partial charge in [-0.15, -0.1) is 11.8 Å². The van der Waals surface area contributed by atoms with Crippen molar-refractivity contribution in [3.05, 3.63) is 129 Å². The van der Waals surface area contributed by atoms with E-state index in [2.05, 4.69) is 96.2 Å². The fraction of sp³-hybridized carbons (Fsp3) is 0.308. The van der Waals surface area contributed by atoms with Crippen LogP contribution in [0.3, 0.4) is 0 Å². The molecule has 2 heterocycles. The molecule has 5 aromatic rings. The second kappa shape index (κ2) is 14.6. The molecule has 8 heteroatoms. The first kappa shape index (κ1) is 32.5. The lowest BCUT2D eigenvalue weighted by Crippen LogP contribution is -2.66. The lowest BCUT2D eigenvalue weighted by Gasteiger charge is -2.50. The Labute approximate surface area is 293 Å². The average molecular weight is 758 g/mol. The number of hydrogen-bond donors (Lipinski definition) is 0. The first-order valence-corrected chi connectivity index (χ1v) is 18.1. The molecule has 0 radical (unpaired) electrons. The van der Waals surface area contributed by atoms with Crippen molar-refractivity contribution < 1.29 is 23.7 Å². The summed E-state index contributed by atoms with van der Waals surface area (Å²) in [6.45, 7) is 3.07. The number of fused-ring (bicyclic) bond motifs is 3. The van der Waals surface area contributed by atoms with Crippen LogP contribution in [-0.4, -0.2) is 48.0 Å². The molecule has 6 atom stereocenters. The summed E-state index contributed by atoms with van der Waals surface area (Å²) in [5.41, 5.74) is 2.80. The van der Waals surface area contributed by atoms with E-state index in [1.807, 2.05) is 48.5 Å². The zero-order valence-electron chi connectivity index (χ0n) is 26.1. The minimum Gasteiger partial charge on any atom is -0.368 e. The molecule has 0 amide bonds. The van der Waals surface area contributed by atoms with Gasteiger partial charge in [0.15, 0.2) is 0 Å². The Morgan fingerprint density at radius 2 is 1.40 bits per heavy atom. The number of thioether (sulfide) groups is 1. The molecule has 0 spiro atoms. The molecule has 47 heavy (non-hydrogen) atoms. The van der Waals surface area contributed by atoms with Crippen molar-refractivity contribution in [2.45, 2.75) is 62.2 Å². The van der Waals surface area contributed by atoms with E-state index < -0.39 is 30.2 Å². The first-order chi connectivity index (χ1) is 23.0. The molecule has 0 saturated carbocycles. The molecule has 0 N–H and O–H groups in total. The molecular formula is C39H36INO5S. The minimum atomic E-state index is -1.48. The Kier molecular flexibility index (Phi) is 10.1. The van der Waals surface area contributed by atoms with Crippen LogP contribution in [0.1, 0.15) is 23.6 Å². The van der Waals surface area contributed by atoms with Gasteiger partial charge >= 0.3 is 0 Å². The highest BCUT2D eigenvalue weighted by Crippen LogP contribution is 2.40. The topological polar surface area (TPSA) is 69.9 Å². The summed E-state index contributed by atoms with van der Waals surface area (Å²) >= 11 is 3.98. The molecule has 0 aromatic heterocycles. The van der Waals surface area contributed by atoms with Crippen LogP contribution in [0.4, 0.5) is 0 Å². The van der Waals surface area contributed by atoms with E-state index in [1.54, 1.807) is 11.8 Å². The summed E-state index contributed by atoms with van der Waals surface area (Å²) in [6.07, 6.45) is -1.69. The molecule has 7 rings (SSSR count). The largest absolute Gasteiger partial charge is 0.368 e. The maximum absolute atomic E-state index is 10.5. The van der Waals surface area contributed by atoms with Gasteiger partial charge in [-0.3, -0.25) is 0 Å². The number of ether oxygens (including phenoxy) is 5. The van der Waals surface area contributed by atoms with Gasteiger partial charge in [0, 0.05) is 9.99 Å². The van der Waals surface area contributed by atoms with Gasteiger partial charge in [-0.2, -0.15) is 5.26 Å². The van der Waals surface area contributed by atoms with Crippen LogP contribution >= 0.6 is 34.4 Å². The van der Waals surface area contributed by atoms with Gasteiger partial charge in [0.2, 0.25) is 0 Å². The van der Waals surface area contributed by atoms with Crippen molar-refractivity contribution in [3.63, 3.8) is 0 Å². The number of rotatable bonds is 10. The third-order valence-electron chi connectivity index (χ3n) is 8.79. The molecule has 0 unspecified atom stereocenters. The van der Waals surface area contributed by atoms with Crippen LogP contribution in [-0.2, 0) is 43.3 Å². The van der Waals surface area contributed by atoms with E-state index in [1.165, 1.54) is 16.2 Å². The second-order valence-electron chi connectivity index (χ2n) is 11.9. The van der Waals surface area contributed by atoms with E-state index in [9.17, 15) is 5.26 Å². The van der Waals surface area contributed by atoms with Gasteiger partial charge in [-0.25, -0.2) is 0 Å². The normalized spacial score (nSPS) is 25.8. The van der Waals surface area contributed by atoms with Crippen LogP contribution in [0.25, 0.3) is 21.5 Å². The standard InChI is InChI=1S/C39H36INO5S/c1-2-47-38-37(43-23-27-16-18-29-10-4-6-12-31(29)20-27)36(42-22-26-15-17-28-9-3-5-11-30(28)19-26)35-34(45-38)24-44-39(25-41,46-35)21-32-13-7-8-14-33(32)40/h3-20,34-38H,2,21-24H2,1H3/t34-,35-,36+,37-,38+,39+/m1/s1. The fourth-order valence-corrected chi connectivity index (χ4v) is 7.97. The fourth-order valence-electron chi connectivity index (χ4n) is 6.42. The summed E-state index contributed by atoms with van der Waals surface area (Å²) < 4.78 is 34.2. The third-order valence-corrected chi connectivity index (χ3v) is 10.9. The summed E-state index contributed by atoms with van der Waals surface area (Å²) in [5.74, 6) is -0.643. The van der Waals surface area contributed by atoms with Crippen molar-refractivity contribution in [2.24, 2.45) is 0 Å². The Hall–Kier alpha value is -3.01. The SMILES string of the molecule is CCS[C@@H]1O[C@@H]2CO[C@@](C#N)(Cc3ccccc3I)O[C@H]2[C@H](OCc2ccc3ccccc3c2)[C@H]1OCc1ccc2ccccc2c1. The van der Waals surface area contributed by atoms with Crippen molar-refractivity contribution in [2.75, 3.05) is 12.4 Å². The molecule has 0 bridgehead atoms. The number of benzene rings is 5. The monoisotopic (exact) mass is 757 g/mol. The molecule has 2 aliphatic rings. The van der Waals surface area contributed by atoms with Gasteiger partial charge in [0.05, 0.1) is 19.8 Å². The van der Waals surface area contributed by atoms with E-state index in [0.29, 0.717) is 19.6 Å². The van der Waals surface area contributed by atoms with E-state index >= 15 is 0 Å². The first-order valence-electron chi connectivity index (χ1n) is 16.0. The maximum atomic E-state index is 10.5. The summed E-state index contributed by atoms with van der Waals surface area (Å²) in [5, 5.41) is 15.2. The predicted molar refractivity (Wildman–Crippen MR) is 194 cm³/mol. The van der Waals surface area contributed by atoms with E-state index in [4.69, 9.17) is 23.7 Å². The van der Waals surface area contributed by atoms with Crippen LogP contribution in [0.2, 0.25) is 0 Å². The number of halogens is 1. The smallest absolute Gasteiger partial charge is 0.264 e. The van der Waals surface area contributed by atoms with Crippen molar-refractivity contribution in [3.8, 4) is 6.07 Å². The summed E-state index contributed by atoms with van der Waals surface area (Å²) in [7, 11) is 0. The second-order valence-corrected chi connectivity index (χ2v) is 14.5. The van der Waals surface area contributed by atoms with Crippen molar-refractivity contribution in [1.29, 1.82) is 5.26 Å². The number of nitriles is 1. The highest BCUT2D eigenvalue weighted by molar-refractivity contribution is 14.1.